The molecule has 6 atom stereocenters. The smallest absolute Gasteiger partial charge is 0.342 e. The number of nitrogens with zero attached hydrogens (tertiary/aromatic N) is 4. The number of hydrogen-bond acceptors (Lipinski definition) is 14. The lowest BCUT2D eigenvalue weighted by Crippen LogP contribution is -2.49. The Morgan fingerprint density at radius 2 is 1.68 bits per heavy atom. The van der Waals surface area contributed by atoms with E-state index in [0.29, 0.717) is 10.5 Å². The van der Waals surface area contributed by atoms with E-state index >= 15 is 0 Å². The molecule has 1 aliphatic rings. The van der Waals surface area contributed by atoms with Crippen LogP contribution >= 0.6 is 19.4 Å². The predicted molar refractivity (Wildman–Crippen MR) is 162 cm³/mol. The highest BCUT2D eigenvalue weighted by Crippen LogP contribution is 2.45. The van der Waals surface area contributed by atoms with Crippen LogP contribution in [0.1, 0.15) is 54.7 Å². The summed E-state index contributed by atoms with van der Waals surface area (Å²) in [7, 11) is -4.28. The minimum absolute atomic E-state index is 0.0117. The fourth-order valence-corrected chi connectivity index (χ4v) is 7.31. The lowest BCUT2D eigenvalue weighted by atomic mass is 9.96. The zero-order valence-corrected chi connectivity index (χ0v) is 27.9. The molecule has 3 heterocycles. The number of ether oxygens (including phenoxy) is 3. The minimum atomic E-state index is -4.28. The number of carbonyl (C=O) groups is 2. The van der Waals surface area contributed by atoms with Crippen molar-refractivity contribution in [2.24, 2.45) is 11.8 Å². The summed E-state index contributed by atoms with van der Waals surface area (Å²) in [4.78, 5) is 38.3. The van der Waals surface area contributed by atoms with Gasteiger partial charge in [-0.3, -0.25) is 18.7 Å². The molecule has 6 N–H and O–H groups in total. The highest BCUT2D eigenvalue weighted by Gasteiger charge is 2.54. The maximum absolute atomic E-state index is 14.4. The molecule has 18 heteroatoms. The Kier molecular flexibility index (Phi) is 12.2. The Bertz CT molecular complexity index is 1320. The number of rotatable bonds is 15. The van der Waals surface area contributed by atoms with E-state index in [1.807, 2.05) is 0 Å². The number of fused-ring (bicyclic) bond motifs is 1. The number of aliphatic hydroxyl groups is 2. The molecule has 1 saturated heterocycles. The van der Waals surface area contributed by atoms with Gasteiger partial charge in [-0.1, -0.05) is 27.7 Å². The Morgan fingerprint density at radius 3 is 2.16 bits per heavy atom. The summed E-state index contributed by atoms with van der Waals surface area (Å²) >= 11 is 1.31. The molecule has 0 aromatic carbocycles. The molecule has 0 saturated carbocycles. The van der Waals surface area contributed by atoms with Crippen LogP contribution in [0.5, 0.6) is 0 Å². The number of nitrogen functional groups attached to an aromatic ring is 1. The van der Waals surface area contributed by atoms with Crippen molar-refractivity contribution in [1.82, 2.24) is 29.7 Å². The number of thioether (sulfide) groups is 1. The SMILES string of the molecule is CCOC(=O)[C@@H](NP(=O)(N[C@H](C(=O)OCC)C(C)C)OC[C@H]1O[C@@H](n2cnc3c(SC)nc(N)nc32)[C@@](C)(O)C1O)C(C)C. The Hall–Kier alpha value is -2.37. The molecule has 0 spiro atoms. The molecule has 44 heavy (non-hydrogen) atoms. The molecule has 0 radical (unpaired) electrons. The van der Waals surface area contributed by atoms with Gasteiger partial charge in [-0.15, -0.1) is 11.8 Å². The average Bonchev–Trinajstić information content (AvgIpc) is 3.46. The first-order valence-electron chi connectivity index (χ1n) is 14.3. The van der Waals surface area contributed by atoms with Gasteiger partial charge in [-0.25, -0.2) is 20.1 Å². The number of nitrogens with one attached hydrogen (secondary N) is 2. The van der Waals surface area contributed by atoms with Crippen LogP contribution in [0, 0.1) is 11.8 Å². The van der Waals surface area contributed by atoms with Crippen LogP contribution in [0.3, 0.4) is 0 Å². The quantitative estimate of drug-likeness (QED) is 0.0791. The van der Waals surface area contributed by atoms with Gasteiger partial charge in [0, 0.05) is 0 Å². The van der Waals surface area contributed by atoms with E-state index in [4.69, 9.17) is 24.5 Å². The zero-order valence-electron chi connectivity index (χ0n) is 26.2. The highest BCUT2D eigenvalue weighted by atomic mass is 32.2. The highest BCUT2D eigenvalue weighted by molar-refractivity contribution is 7.98. The van der Waals surface area contributed by atoms with Gasteiger partial charge in [0.2, 0.25) is 5.95 Å². The summed E-state index contributed by atoms with van der Waals surface area (Å²) in [6.07, 6.45) is -0.761. The summed E-state index contributed by atoms with van der Waals surface area (Å²) in [6, 6.07) is -2.16. The first kappa shape index (κ1) is 36.1. The maximum Gasteiger partial charge on any atom is 0.342 e. The molecule has 1 aliphatic heterocycles. The Labute approximate surface area is 260 Å². The standard InChI is InChI=1S/C26H44N7O9PS/c1-9-39-22(35)16(13(3)4)31-43(38,32-17(14(5)6)23(36)40-10-2)41-11-15-19(34)26(7,37)24(42-15)33-12-28-18-20(33)29-25(27)30-21(18)44-8/h12-17,19,24,34,37H,9-11H2,1-8H3,(H2,27,29,30)(H2,31,32,38)/t15-,16+,17+,19?,24-,26+/m1/s1. The molecule has 2 aromatic heterocycles. The van der Waals surface area contributed by atoms with Crippen molar-refractivity contribution in [2.45, 2.75) is 89.6 Å². The van der Waals surface area contributed by atoms with Crippen LogP contribution in [0.25, 0.3) is 11.2 Å². The lowest BCUT2D eigenvalue weighted by Gasteiger charge is -2.31. The zero-order chi connectivity index (χ0) is 33.0. The molecular formula is C26H44N7O9PS. The van der Waals surface area contributed by atoms with Gasteiger partial charge in [0.25, 0.3) is 0 Å². The number of nitrogens with two attached hydrogens (primary N) is 1. The Morgan fingerprint density at radius 1 is 1.14 bits per heavy atom. The van der Waals surface area contributed by atoms with Gasteiger partial charge in [0.15, 0.2) is 11.9 Å². The summed E-state index contributed by atoms with van der Waals surface area (Å²) in [6.45, 7) is 11.2. The van der Waals surface area contributed by atoms with E-state index in [9.17, 15) is 24.4 Å². The van der Waals surface area contributed by atoms with Crippen LogP contribution in [0.2, 0.25) is 0 Å². The van der Waals surface area contributed by atoms with Crippen molar-refractivity contribution >= 4 is 48.5 Å². The van der Waals surface area contributed by atoms with Crippen molar-refractivity contribution in [3.63, 3.8) is 0 Å². The van der Waals surface area contributed by atoms with E-state index in [1.165, 1.54) is 29.6 Å². The monoisotopic (exact) mass is 661 g/mol. The average molecular weight is 662 g/mol. The molecule has 248 valence electrons. The molecular weight excluding hydrogens is 617 g/mol. The number of hydrogen-bond donors (Lipinski definition) is 5. The van der Waals surface area contributed by atoms with E-state index < -0.39 is 62.3 Å². The van der Waals surface area contributed by atoms with E-state index in [-0.39, 0.29) is 36.6 Å². The van der Waals surface area contributed by atoms with Gasteiger partial charge in [-0.2, -0.15) is 4.98 Å². The van der Waals surface area contributed by atoms with E-state index in [1.54, 1.807) is 47.8 Å². The van der Waals surface area contributed by atoms with Crippen molar-refractivity contribution in [3.05, 3.63) is 6.33 Å². The summed E-state index contributed by atoms with van der Waals surface area (Å²) in [5, 5.41) is 28.5. The fraction of sp³-hybridized carbons (Fsp3) is 0.731. The third-order valence-corrected chi connectivity index (χ3v) is 9.48. The third-order valence-electron chi connectivity index (χ3n) is 7.06. The van der Waals surface area contributed by atoms with E-state index in [0.717, 1.165) is 0 Å². The molecule has 1 fully saturated rings. The number of aromatic nitrogens is 4. The van der Waals surface area contributed by atoms with Crippen molar-refractivity contribution in [2.75, 3.05) is 31.8 Å². The van der Waals surface area contributed by atoms with Crippen LogP contribution in [0.4, 0.5) is 5.95 Å². The molecule has 16 nitrogen and oxygen atoms in total. The van der Waals surface area contributed by atoms with E-state index in [2.05, 4.69) is 25.1 Å². The number of anilines is 1. The lowest BCUT2D eigenvalue weighted by molar-refractivity contribution is -0.146. The number of imidazole rings is 1. The van der Waals surface area contributed by atoms with Crippen molar-refractivity contribution < 1.29 is 43.1 Å². The second kappa shape index (κ2) is 14.8. The van der Waals surface area contributed by atoms with Crippen LogP contribution in [-0.2, 0) is 32.9 Å². The topological polar surface area (TPSA) is 222 Å². The molecule has 1 unspecified atom stereocenters. The molecule has 3 rings (SSSR count). The third kappa shape index (κ3) is 7.88. The van der Waals surface area contributed by atoms with Crippen molar-refractivity contribution in [3.8, 4) is 0 Å². The van der Waals surface area contributed by atoms with Gasteiger partial charge < -0.3 is 34.7 Å². The van der Waals surface area contributed by atoms with Gasteiger partial charge in [0.05, 0.1) is 26.1 Å². The van der Waals surface area contributed by atoms with Gasteiger partial charge in [-0.05, 0) is 38.9 Å². The van der Waals surface area contributed by atoms with Crippen LogP contribution < -0.4 is 15.9 Å². The van der Waals surface area contributed by atoms with Crippen LogP contribution in [-0.4, -0.2) is 97.6 Å². The molecule has 2 aromatic rings. The second-order valence-corrected chi connectivity index (χ2v) is 13.8. The molecule has 0 aliphatic carbocycles. The predicted octanol–water partition coefficient (Wildman–Crippen LogP) is 1.62. The fourth-order valence-electron chi connectivity index (χ4n) is 4.67. The minimum Gasteiger partial charge on any atom is -0.465 e. The van der Waals surface area contributed by atoms with Crippen LogP contribution in [0.15, 0.2) is 11.4 Å². The summed E-state index contributed by atoms with van der Waals surface area (Å²) in [5.74, 6) is -2.11. The second-order valence-electron chi connectivity index (χ2n) is 11.2. The van der Waals surface area contributed by atoms with Crippen molar-refractivity contribution in [1.29, 1.82) is 0 Å². The summed E-state index contributed by atoms with van der Waals surface area (Å²) < 4.78 is 38.0. The number of esters is 2. The maximum atomic E-state index is 14.4. The molecule has 0 bridgehead atoms. The summed E-state index contributed by atoms with van der Waals surface area (Å²) in [5.41, 5.74) is 4.70. The molecule has 0 amide bonds. The number of carbonyl (C=O) groups excluding carboxylic acids is 2. The first-order chi connectivity index (χ1) is 20.6. The van der Waals surface area contributed by atoms with Gasteiger partial charge in [0.1, 0.15) is 40.4 Å². The first-order valence-corrected chi connectivity index (χ1v) is 17.2. The van der Waals surface area contributed by atoms with Gasteiger partial charge >= 0.3 is 19.6 Å². The normalized spacial score (nSPS) is 23.8. The number of aliphatic hydroxyl groups excluding tert-OH is 1. The largest absolute Gasteiger partial charge is 0.465 e. The Balaban J connectivity index is 1.93.